The number of halogens is 1. The Kier molecular flexibility index (Phi) is 7.86. The van der Waals surface area contributed by atoms with E-state index >= 15 is 0 Å². The van der Waals surface area contributed by atoms with Gasteiger partial charge in [0.05, 0.1) is 12.0 Å². The number of methoxy groups -OCH3 is 1. The van der Waals surface area contributed by atoms with E-state index in [1.54, 1.807) is 49.6 Å². The van der Waals surface area contributed by atoms with Crippen molar-refractivity contribution >= 4 is 63.0 Å². The maximum absolute atomic E-state index is 13.2. The summed E-state index contributed by atoms with van der Waals surface area (Å²) >= 11 is 6.79. The molecule has 9 heteroatoms. The fourth-order valence-corrected chi connectivity index (χ4v) is 5.02. The molecule has 0 saturated carbocycles. The molecule has 7 nitrogen and oxygen atoms in total. The summed E-state index contributed by atoms with van der Waals surface area (Å²) < 4.78 is 11.3. The Labute approximate surface area is 234 Å². The van der Waals surface area contributed by atoms with Gasteiger partial charge in [-0.05, 0) is 76.6 Å². The Morgan fingerprint density at radius 1 is 0.974 bits per heavy atom. The highest BCUT2D eigenvalue weighted by Gasteiger charge is 2.36. The van der Waals surface area contributed by atoms with E-state index in [4.69, 9.17) is 21.1 Å². The summed E-state index contributed by atoms with van der Waals surface area (Å²) in [5.41, 5.74) is 2.14. The zero-order chi connectivity index (χ0) is 27.4. The maximum Gasteiger partial charge on any atom is 0.294 e. The number of hydrogen-bond acceptors (Lipinski definition) is 6. The van der Waals surface area contributed by atoms with E-state index in [2.05, 4.69) is 5.32 Å². The lowest BCUT2D eigenvalue weighted by Gasteiger charge is -2.14. The molecule has 1 N–H and O–H groups in total. The summed E-state index contributed by atoms with van der Waals surface area (Å²) in [6.45, 7) is -0.104. The van der Waals surface area contributed by atoms with Crippen LogP contribution in [0.2, 0.25) is 5.02 Å². The molecule has 1 saturated heterocycles. The number of hydrogen-bond donors (Lipinski definition) is 1. The Morgan fingerprint density at radius 2 is 1.72 bits per heavy atom. The van der Waals surface area contributed by atoms with Crippen LogP contribution in [-0.2, 0) is 16.2 Å². The molecule has 0 radical (unpaired) electrons. The van der Waals surface area contributed by atoms with Crippen LogP contribution < -0.4 is 14.8 Å². The second-order valence-electron chi connectivity index (χ2n) is 8.66. The summed E-state index contributed by atoms with van der Waals surface area (Å²) in [5.74, 6) is 0.189. The number of anilines is 1. The summed E-state index contributed by atoms with van der Waals surface area (Å²) in [7, 11) is 1.55. The van der Waals surface area contributed by atoms with Gasteiger partial charge in [0, 0.05) is 16.3 Å². The zero-order valence-corrected chi connectivity index (χ0v) is 22.4. The molecule has 1 aliphatic heterocycles. The summed E-state index contributed by atoms with van der Waals surface area (Å²) in [6, 6.07) is 25.6. The molecular formula is C30H23ClN2O5S. The average Bonchev–Trinajstić information content (AvgIpc) is 3.21. The van der Waals surface area contributed by atoms with E-state index in [0.717, 1.165) is 33.0 Å². The first kappa shape index (κ1) is 26.3. The smallest absolute Gasteiger partial charge is 0.294 e. The summed E-state index contributed by atoms with van der Waals surface area (Å²) in [5, 5.41) is 4.65. The third kappa shape index (κ3) is 6.08. The van der Waals surface area contributed by atoms with Crippen LogP contribution in [0.15, 0.2) is 89.8 Å². The minimum atomic E-state index is -0.536. The average molecular weight is 559 g/mol. The lowest BCUT2D eigenvalue weighted by atomic mass is 10.0. The second-order valence-corrected chi connectivity index (χ2v) is 10.1. The molecule has 0 spiro atoms. The van der Waals surface area contributed by atoms with E-state index < -0.39 is 23.6 Å². The van der Waals surface area contributed by atoms with Crippen molar-refractivity contribution in [1.29, 1.82) is 0 Å². The number of benzene rings is 4. The zero-order valence-electron chi connectivity index (χ0n) is 20.8. The summed E-state index contributed by atoms with van der Waals surface area (Å²) in [4.78, 5) is 39.7. The van der Waals surface area contributed by atoms with Crippen molar-refractivity contribution in [3.05, 3.63) is 106 Å². The SMILES string of the molecule is COc1ccc(NC(=O)CN2C(=O)S/C(=C/c3c(OCc4ccc(Cl)cc4)ccc4ccccc34)C2=O)cc1. The van der Waals surface area contributed by atoms with E-state index in [9.17, 15) is 14.4 Å². The van der Waals surface area contributed by atoms with Crippen molar-refractivity contribution in [1.82, 2.24) is 4.90 Å². The van der Waals surface area contributed by atoms with Gasteiger partial charge in [-0.3, -0.25) is 19.3 Å². The van der Waals surface area contributed by atoms with Crippen molar-refractivity contribution in [2.24, 2.45) is 0 Å². The molecule has 1 heterocycles. The Morgan fingerprint density at radius 3 is 2.46 bits per heavy atom. The predicted octanol–water partition coefficient (Wildman–Crippen LogP) is 6.76. The van der Waals surface area contributed by atoms with Gasteiger partial charge in [0.2, 0.25) is 5.91 Å². The number of nitrogens with zero attached hydrogens (tertiary/aromatic N) is 1. The number of carbonyl (C=O) groups is 3. The molecule has 0 atom stereocenters. The number of thioether (sulfide) groups is 1. The van der Waals surface area contributed by atoms with Gasteiger partial charge in [-0.1, -0.05) is 54.1 Å². The monoisotopic (exact) mass is 558 g/mol. The Balaban J connectivity index is 1.37. The van der Waals surface area contributed by atoms with Crippen molar-refractivity contribution in [3.8, 4) is 11.5 Å². The number of carbonyl (C=O) groups excluding carboxylic acids is 3. The molecule has 0 aromatic heterocycles. The molecule has 5 rings (SSSR count). The molecule has 0 bridgehead atoms. The van der Waals surface area contributed by atoms with Gasteiger partial charge < -0.3 is 14.8 Å². The fraction of sp³-hybridized carbons (Fsp3) is 0.100. The summed E-state index contributed by atoms with van der Waals surface area (Å²) in [6.07, 6.45) is 1.66. The highest BCUT2D eigenvalue weighted by molar-refractivity contribution is 8.18. The number of rotatable bonds is 8. The Bertz CT molecular complexity index is 1590. The minimum absolute atomic E-state index is 0.213. The first-order valence-electron chi connectivity index (χ1n) is 12.0. The molecule has 3 amide bonds. The molecule has 4 aromatic carbocycles. The van der Waals surface area contributed by atoms with Crippen LogP contribution in [0.3, 0.4) is 0 Å². The second kappa shape index (κ2) is 11.6. The number of amides is 3. The quantitative estimate of drug-likeness (QED) is 0.241. The van der Waals surface area contributed by atoms with Crippen molar-refractivity contribution in [2.75, 3.05) is 19.0 Å². The highest BCUT2D eigenvalue weighted by Crippen LogP contribution is 2.37. The number of imide groups is 1. The van der Waals surface area contributed by atoms with E-state index in [0.29, 0.717) is 34.4 Å². The van der Waals surface area contributed by atoms with Gasteiger partial charge in [0.25, 0.3) is 11.1 Å². The van der Waals surface area contributed by atoms with Crippen LogP contribution in [0, 0.1) is 0 Å². The number of nitrogens with one attached hydrogen (secondary N) is 1. The fourth-order valence-electron chi connectivity index (χ4n) is 4.08. The van der Waals surface area contributed by atoms with Gasteiger partial charge in [-0.15, -0.1) is 0 Å². The van der Waals surface area contributed by atoms with E-state index in [1.165, 1.54) is 0 Å². The van der Waals surface area contributed by atoms with Gasteiger partial charge in [-0.2, -0.15) is 0 Å². The highest BCUT2D eigenvalue weighted by atomic mass is 35.5. The Hall–Kier alpha value is -4.27. The van der Waals surface area contributed by atoms with Gasteiger partial charge in [-0.25, -0.2) is 0 Å². The first-order valence-corrected chi connectivity index (χ1v) is 13.2. The van der Waals surface area contributed by atoms with Crippen LogP contribution in [0.25, 0.3) is 16.8 Å². The predicted molar refractivity (Wildman–Crippen MR) is 154 cm³/mol. The first-order chi connectivity index (χ1) is 18.9. The van der Waals surface area contributed by atoms with E-state index in [1.807, 2.05) is 48.5 Å². The van der Waals surface area contributed by atoms with Crippen LogP contribution in [0.5, 0.6) is 11.5 Å². The topological polar surface area (TPSA) is 84.9 Å². The lowest BCUT2D eigenvalue weighted by Crippen LogP contribution is -2.36. The molecular weight excluding hydrogens is 536 g/mol. The molecule has 1 fully saturated rings. The van der Waals surface area contributed by atoms with Crippen LogP contribution >= 0.6 is 23.4 Å². The largest absolute Gasteiger partial charge is 0.497 e. The lowest BCUT2D eigenvalue weighted by molar-refractivity contribution is -0.127. The normalized spacial score (nSPS) is 14.2. The van der Waals surface area contributed by atoms with E-state index in [-0.39, 0.29) is 4.91 Å². The van der Waals surface area contributed by atoms with Crippen LogP contribution in [-0.4, -0.2) is 35.6 Å². The third-order valence-corrected chi connectivity index (χ3v) is 7.22. The third-order valence-electron chi connectivity index (χ3n) is 6.06. The van der Waals surface area contributed by atoms with Crippen LogP contribution in [0.1, 0.15) is 11.1 Å². The van der Waals surface area contributed by atoms with Gasteiger partial charge in [0.1, 0.15) is 24.7 Å². The molecule has 1 aliphatic rings. The molecule has 0 aliphatic carbocycles. The van der Waals surface area contributed by atoms with Crippen LogP contribution in [0.4, 0.5) is 10.5 Å². The molecule has 0 unspecified atom stereocenters. The minimum Gasteiger partial charge on any atom is -0.497 e. The number of fused-ring (bicyclic) bond motifs is 1. The van der Waals surface area contributed by atoms with Crippen molar-refractivity contribution in [3.63, 3.8) is 0 Å². The van der Waals surface area contributed by atoms with Gasteiger partial charge in [0.15, 0.2) is 0 Å². The number of ether oxygens (including phenoxy) is 2. The molecule has 196 valence electrons. The van der Waals surface area contributed by atoms with Gasteiger partial charge >= 0.3 is 0 Å². The standard InChI is InChI=1S/C30H23ClN2O5S/c1-37-23-13-11-22(12-14-23)32-28(34)17-33-29(35)27(39-30(33)36)16-25-24-5-3-2-4-20(24)8-15-26(25)38-18-19-6-9-21(31)10-7-19/h2-16H,17-18H2,1H3,(H,32,34)/b27-16+. The maximum atomic E-state index is 13.2. The van der Waals surface area contributed by atoms with Crippen molar-refractivity contribution < 1.29 is 23.9 Å². The molecule has 39 heavy (non-hydrogen) atoms. The molecule has 4 aromatic rings. The van der Waals surface area contributed by atoms with Crippen molar-refractivity contribution in [2.45, 2.75) is 6.61 Å².